The molecule has 0 aliphatic rings. The second kappa shape index (κ2) is 6.01. The molecule has 0 aromatic heterocycles. The van der Waals surface area contributed by atoms with Crippen LogP contribution in [0.4, 0.5) is 15.8 Å². The summed E-state index contributed by atoms with van der Waals surface area (Å²) in [7, 11) is 1.75. The Morgan fingerprint density at radius 2 is 2.05 bits per heavy atom. The molecule has 0 spiro atoms. The fourth-order valence-corrected chi connectivity index (χ4v) is 2.18. The number of benzene rings is 2. The Balaban J connectivity index is 2.24. The minimum Gasteiger partial charge on any atom is -0.478 e. The van der Waals surface area contributed by atoms with Gasteiger partial charge in [0.05, 0.1) is 16.9 Å². The highest BCUT2D eigenvalue weighted by Gasteiger charge is 2.12. The highest BCUT2D eigenvalue weighted by Crippen LogP contribution is 2.26. The van der Waals surface area contributed by atoms with Crippen molar-refractivity contribution in [3.63, 3.8) is 0 Å². The van der Waals surface area contributed by atoms with Crippen LogP contribution in [-0.2, 0) is 6.54 Å². The average Bonchev–Trinajstić information content (AvgIpc) is 2.41. The van der Waals surface area contributed by atoms with E-state index in [-0.39, 0.29) is 5.56 Å². The molecule has 0 radical (unpaired) electrons. The third-order valence-corrected chi connectivity index (χ3v) is 3.34. The van der Waals surface area contributed by atoms with Gasteiger partial charge < -0.3 is 15.7 Å². The highest BCUT2D eigenvalue weighted by atomic mass is 35.5. The standard InChI is InChI=1S/C15H14ClFN2O2/c1-19(8-10-2-4-11(16)7-12(10)17)14-5-3-9(15(20)21)6-13(14)18/h2-7H,8,18H2,1H3,(H,20,21). The summed E-state index contributed by atoms with van der Waals surface area (Å²) < 4.78 is 13.8. The maximum atomic E-state index is 13.8. The number of carboxylic acid groups (broad SMARTS) is 1. The van der Waals surface area contributed by atoms with Crippen molar-refractivity contribution in [1.29, 1.82) is 0 Å². The lowest BCUT2D eigenvalue weighted by molar-refractivity contribution is 0.0697. The van der Waals surface area contributed by atoms with E-state index in [0.29, 0.717) is 28.5 Å². The fraction of sp³-hybridized carbons (Fsp3) is 0.133. The maximum Gasteiger partial charge on any atom is 0.335 e. The van der Waals surface area contributed by atoms with Gasteiger partial charge in [0.1, 0.15) is 5.82 Å². The number of nitrogens with two attached hydrogens (primary N) is 1. The van der Waals surface area contributed by atoms with Crippen molar-refractivity contribution >= 4 is 28.9 Å². The third-order valence-electron chi connectivity index (χ3n) is 3.11. The minimum atomic E-state index is -1.04. The van der Waals surface area contributed by atoms with Crippen LogP contribution in [-0.4, -0.2) is 18.1 Å². The molecule has 3 N–H and O–H groups in total. The molecule has 0 unspecified atom stereocenters. The predicted octanol–water partition coefficient (Wildman–Crippen LogP) is 3.40. The van der Waals surface area contributed by atoms with Gasteiger partial charge in [0.25, 0.3) is 0 Å². The Hall–Kier alpha value is -2.27. The molecule has 2 rings (SSSR count). The predicted molar refractivity (Wildman–Crippen MR) is 81.3 cm³/mol. The summed E-state index contributed by atoms with van der Waals surface area (Å²) in [5.41, 5.74) is 7.40. The zero-order valence-corrected chi connectivity index (χ0v) is 12.1. The number of carbonyl (C=O) groups is 1. The molecule has 0 fully saturated rings. The zero-order valence-electron chi connectivity index (χ0n) is 11.3. The molecular weight excluding hydrogens is 295 g/mol. The summed E-state index contributed by atoms with van der Waals surface area (Å²) in [6.45, 7) is 0.291. The number of hydrogen-bond donors (Lipinski definition) is 2. The molecule has 0 bridgehead atoms. The van der Waals surface area contributed by atoms with Crippen LogP contribution >= 0.6 is 11.6 Å². The summed E-state index contributed by atoms with van der Waals surface area (Å²) in [5, 5.41) is 9.24. The maximum absolute atomic E-state index is 13.8. The number of nitrogens with zero attached hydrogens (tertiary/aromatic N) is 1. The molecule has 6 heteroatoms. The van der Waals surface area contributed by atoms with Crippen LogP contribution < -0.4 is 10.6 Å². The number of nitrogen functional groups attached to an aromatic ring is 1. The van der Waals surface area contributed by atoms with E-state index >= 15 is 0 Å². The van der Waals surface area contributed by atoms with Crippen LogP contribution in [0.1, 0.15) is 15.9 Å². The topological polar surface area (TPSA) is 66.6 Å². The van der Waals surface area contributed by atoms with Crippen molar-refractivity contribution in [3.8, 4) is 0 Å². The molecule has 0 saturated carbocycles. The van der Waals surface area contributed by atoms with Crippen LogP contribution in [0.5, 0.6) is 0 Å². The first kappa shape index (κ1) is 15.1. The molecule has 110 valence electrons. The molecule has 4 nitrogen and oxygen atoms in total. The van der Waals surface area contributed by atoms with Gasteiger partial charge in [-0.25, -0.2) is 9.18 Å². The van der Waals surface area contributed by atoms with E-state index in [1.807, 2.05) is 0 Å². The SMILES string of the molecule is CN(Cc1ccc(Cl)cc1F)c1ccc(C(=O)O)cc1N. The molecule has 0 heterocycles. The Morgan fingerprint density at radius 3 is 2.62 bits per heavy atom. The van der Waals surface area contributed by atoms with Crippen LogP contribution in [0.25, 0.3) is 0 Å². The lowest BCUT2D eigenvalue weighted by Gasteiger charge is -2.21. The molecule has 0 aliphatic heterocycles. The van der Waals surface area contributed by atoms with Gasteiger partial charge in [-0.15, -0.1) is 0 Å². The summed E-state index contributed by atoms with van der Waals surface area (Å²) in [6, 6.07) is 8.92. The van der Waals surface area contributed by atoms with Gasteiger partial charge in [-0.05, 0) is 30.3 Å². The van der Waals surface area contributed by atoms with E-state index in [0.717, 1.165) is 0 Å². The van der Waals surface area contributed by atoms with E-state index < -0.39 is 11.8 Å². The third kappa shape index (κ3) is 3.44. The lowest BCUT2D eigenvalue weighted by Crippen LogP contribution is -2.19. The Labute approximate surface area is 126 Å². The smallest absolute Gasteiger partial charge is 0.335 e. The number of rotatable bonds is 4. The number of halogens is 2. The number of hydrogen-bond acceptors (Lipinski definition) is 3. The van der Waals surface area contributed by atoms with Gasteiger partial charge >= 0.3 is 5.97 Å². The van der Waals surface area contributed by atoms with Crippen LogP contribution in [0.15, 0.2) is 36.4 Å². The van der Waals surface area contributed by atoms with E-state index in [4.69, 9.17) is 22.4 Å². The van der Waals surface area contributed by atoms with Gasteiger partial charge in [0.2, 0.25) is 0 Å². The van der Waals surface area contributed by atoms with Gasteiger partial charge in [0, 0.05) is 24.2 Å². The van der Waals surface area contributed by atoms with Gasteiger partial charge in [-0.1, -0.05) is 17.7 Å². The van der Waals surface area contributed by atoms with Crippen molar-refractivity contribution in [2.75, 3.05) is 17.7 Å². The van der Waals surface area contributed by atoms with E-state index in [1.165, 1.54) is 18.2 Å². The average molecular weight is 309 g/mol. The Bertz CT molecular complexity index is 691. The molecule has 2 aromatic carbocycles. The van der Waals surface area contributed by atoms with Gasteiger partial charge in [-0.3, -0.25) is 0 Å². The Kier molecular flexibility index (Phi) is 4.33. The van der Waals surface area contributed by atoms with Crippen molar-refractivity contribution in [1.82, 2.24) is 0 Å². The monoisotopic (exact) mass is 308 g/mol. The summed E-state index contributed by atoms with van der Waals surface area (Å²) >= 11 is 5.71. The van der Waals surface area contributed by atoms with Crippen molar-refractivity contribution in [2.45, 2.75) is 6.54 Å². The Morgan fingerprint density at radius 1 is 1.33 bits per heavy atom. The second-order valence-electron chi connectivity index (χ2n) is 4.67. The van der Waals surface area contributed by atoms with Crippen molar-refractivity contribution in [2.24, 2.45) is 0 Å². The van der Waals surface area contributed by atoms with Crippen molar-refractivity contribution in [3.05, 3.63) is 58.4 Å². The molecular formula is C15H14ClFN2O2. The van der Waals surface area contributed by atoms with Crippen LogP contribution in [0.3, 0.4) is 0 Å². The van der Waals surface area contributed by atoms with Gasteiger partial charge in [-0.2, -0.15) is 0 Å². The first-order valence-electron chi connectivity index (χ1n) is 6.16. The normalized spacial score (nSPS) is 10.4. The largest absolute Gasteiger partial charge is 0.478 e. The van der Waals surface area contributed by atoms with E-state index in [9.17, 15) is 9.18 Å². The summed E-state index contributed by atoms with van der Waals surface area (Å²) in [6.07, 6.45) is 0. The number of carboxylic acids is 1. The minimum absolute atomic E-state index is 0.113. The quantitative estimate of drug-likeness (QED) is 0.850. The summed E-state index contributed by atoms with van der Waals surface area (Å²) in [4.78, 5) is 12.6. The molecule has 0 saturated heterocycles. The second-order valence-corrected chi connectivity index (χ2v) is 5.11. The van der Waals surface area contributed by atoms with Crippen LogP contribution in [0, 0.1) is 5.82 Å². The molecule has 0 aliphatic carbocycles. The molecule has 21 heavy (non-hydrogen) atoms. The molecule has 0 atom stereocenters. The number of anilines is 2. The van der Waals surface area contributed by atoms with Gasteiger partial charge in [0.15, 0.2) is 0 Å². The fourth-order valence-electron chi connectivity index (χ4n) is 2.03. The van der Waals surface area contributed by atoms with E-state index in [1.54, 1.807) is 30.1 Å². The van der Waals surface area contributed by atoms with Crippen molar-refractivity contribution < 1.29 is 14.3 Å². The summed E-state index contributed by atoms with van der Waals surface area (Å²) in [5.74, 6) is -1.44. The first-order valence-corrected chi connectivity index (χ1v) is 6.54. The van der Waals surface area contributed by atoms with E-state index in [2.05, 4.69) is 0 Å². The molecule has 0 amide bonds. The lowest BCUT2D eigenvalue weighted by atomic mass is 10.1. The highest BCUT2D eigenvalue weighted by molar-refractivity contribution is 6.30. The molecule has 2 aromatic rings. The van der Waals surface area contributed by atoms with Crippen LogP contribution in [0.2, 0.25) is 5.02 Å². The zero-order chi connectivity index (χ0) is 15.6. The first-order chi connectivity index (χ1) is 9.88. The number of aromatic carboxylic acids is 1.